The van der Waals surface area contributed by atoms with Gasteiger partial charge in [0.05, 0.1) is 34.8 Å². The Labute approximate surface area is 178 Å². The lowest BCUT2D eigenvalue weighted by molar-refractivity contribution is -0.140. The predicted octanol–water partition coefficient (Wildman–Crippen LogP) is 3.62. The summed E-state index contributed by atoms with van der Waals surface area (Å²) in [7, 11) is 1.59. The van der Waals surface area contributed by atoms with E-state index >= 15 is 0 Å². The Morgan fingerprint density at radius 1 is 1.25 bits per heavy atom. The monoisotopic (exact) mass is 494 g/mol. The summed E-state index contributed by atoms with van der Waals surface area (Å²) in [5.74, 6) is 0.838. The molecule has 3 aliphatic rings. The van der Waals surface area contributed by atoms with Crippen LogP contribution in [0.3, 0.4) is 0 Å². The molecular weight excluding hydrogens is 471 g/mol. The van der Waals surface area contributed by atoms with Gasteiger partial charge in [-0.3, -0.25) is 9.59 Å². The Hall–Kier alpha value is -1.90. The van der Waals surface area contributed by atoms with Gasteiger partial charge in [0.1, 0.15) is 0 Å². The topological polar surface area (TPSA) is 68.2 Å². The maximum absolute atomic E-state index is 12.7. The van der Waals surface area contributed by atoms with Gasteiger partial charge in [-0.2, -0.15) is 10.1 Å². The zero-order chi connectivity index (χ0) is 20.0. The maximum atomic E-state index is 12.7. The fourth-order valence-electron chi connectivity index (χ4n) is 4.34. The number of amides is 2. The van der Waals surface area contributed by atoms with Gasteiger partial charge in [-0.05, 0) is 71.9 Å². The minimum Gasteiger partial charge on any atom is -0.493 e. The molecule has 2 bridgehead atoms. The van der Waals surface area contributed by atoms with Gasteiger partial charge < -0.3 is 9.47 Å². The van der Waals surface area contributed by atoms with E-state index in [1.807, 2.05) is 13.0 Å². The molecule has 6 nitrogen and oxygen atoms in total. The normalized spacial score (nSPS) is 29.1. The molecule has 7 heteroatoms. The van der Waals surface area contributed by atoms with Crippen molar-refractivity contribution < 1.29 is 19.1 Å². The molecule has 2 aliphatic carbocycles. The Balaban J connectivity index is 1.56. The molecule has 148 valence electrons. The number of allylic oxidation sites excluding steroid dienone is 2. The van der Waals surface area contributed by atoms with Gasteiger partial charge in [-0.15, -0.1) is 0 Å². The van der Waals surface area contributed by atoms with Crippen LogP contribution >= 0.6 is 22.6 Å². The van der Waals surface area contributed by atoms with Crippen molar-refractivity contribution in [1.29, 1.82) is 0 Å². The van der Waals surface area contributed by atoms with E-state index in [1.54, 1.807) is 19.4 Å². The van der Waals surface area contributed by atoms with Crippen molar-refractivity contribution in [2.24, 2.45) is 28.8 Å². The van der Waals surface area contributed by atoms with E-state index in [2.05, 4.69) is 46.8 Å². The number of rotatable bonds is 6. The summed E-state index contributed by atoms with van der Waals surface area (Å²) in [6.07, 6.45) is 7.58. The first kappa shape index (κ1) is 19.4. The van der Waals surface area contributed by atoms with E-state index in [-0.39, 0.29) is 41.6 Å². The lowest BCUT2D eigenvalue weighted by atomic mass is 9.85. The molecule has 2 fully saturated rings. The van der Waals surface area contributed by atoms with Crippen LogP contribution in [-0.4, -0.2) is 36.3 Å². The second kappa shape index (κ2) is 7.50. The van der Waals surface area contributed by atoms with Crippen molar-refractivity contribution in [3.8, 4) is 11.5 Å². The van der Waals surface area contributed by atoms with Crippen molar-refractivity contribution in [2.75, 3.05) is 7.11 Å². The quantitative estimate of drug-likeness (QED) is 0.262. The lowest BCUT2D eigenvalue weighted by Gasteiger charge is -2.17. The summed E-state index contributed by atoms with van der Waals surface area (Å²) >= 11 is 2.19. The van der Waals surface area contributed by atoms with Crippen molar-refractivity contribution in [3.05, 3.63) is 33.4 Å². The molecule has 28 heavy (non-hydrogen) atoms. The molecular formula is C21H23IN2O4. The summed E-state index contributed by atoms with van der Waals surface area (Å²) < 4.78 is 12.3. The van der Waals surface area contributed by atoms with Crippen LogP contribution in [0, 0.1) is 27.2 Å². The summed E-state index contributed by atoms with van der Waals surface area (Å²) in [6.45, 7) is 4.07. The lowest BCUT2D eigenvalue weighted by Crippen LogP contribution is -2.28. The number of methoxy groups -OCH3 is 1. The highest BCUT2D eigenvalue weighted by atomic mass is 127. The highest BCUT2D eigenvalue weighted by molar-refractivity contribution is 14.1. The molecule has 1 saturated heterocycles. The first-order chi connectivity index (χ1) is 13.4. The van der Waals surface area contributed by atoms with Gasteiger partial charge >= 0.3 is 0 Å². The number of hydrazone groups is 1. The number of imide groups is 1. The van der Waals surface area contributed by atoms with Crippen LogP contribution in [-0.2, 0) is 9.59 Å². The fraction of sp³-hybridized carbons (Fsp3) is 0.476. The van der Waals surface area contributed by atoms with Gasteiger partial charge in [-0.1, -0.05) is 19.1 Å². The van der Waals surface area contributed by atoms with Gasteiger partial charge in [0, 0.05) is 0 Å². The first-order valence-electron chi connectivity index (χ1n) is 9.58. The van der Waals surface area contributed by atoms with E-state index in [1.165, 1.54) is 0 Å². The summed E-state index contributed by atoms with van der Waals surface area (Å²) in [6, 6.07) is 3.71. The number of hydrogen-bond acceptors (Lipinski definition) is 5. The second-order valence-corrected chi connectivity index (χ2v) is 8.77. The molecule has 0 N–H and O–H groups in total. The molecule has 1 aliphatic heterocycles. The van der Waals surface area contributed by atoms with Crippen LogP contribution in [0.2, 0.25) is 0 Å². The number of ether oxygens (including phenoxy) is 2. The minimum atomic E-state index is -0.236. The Bertz CT molecular complexity index is 851. The van der Waals surface area contributed by atoms with Crippen LogP contribution in [0.1, 0.15) is 32.3 Å². The van der Waals surface area contributed by atoms with Gasteiger partial charge in [-0.25, -0.2) is 0 Å². The zero-order valence-electron chi connectivity index (χ0n) is 16.1. The zero-order valence-corrected chi connectivity index (χ0v) is 18.3. The molecule has 1 aromatic rings. The van der Waals surface area contributed by atoms with Crippen LogP contribution in [0.15, 0.2) is 29.4 Å². The van der Waals surface area contributed by atoms with E-state index in [0.29, 0.717) is 11.5 Å². The molecule has 0 spiro atoms. The van der Waals surface area contributed by atoms with Crippen LogP contribution in [0.4, 0.5) is 0 Å². The Morgan fingerprint density at radius 3 is 2.46 bits per heavy atom. The second-order valence-electron chi connectivity index (χ2n) is 7.60. The number of fused-ring (bicyclic) bond motifs is 5. The van der Waals surface area contributed by atoms with Crippen molar-refractivity contribution in [1.82, 2.24) is 5.01 Å². The standard InChI is InChI=1S/C21H23IN2O4/c1-4-11(2)28-19-15(22)7-12(8-16(19)27-3)10-23-24-20(25)17-13-5-6-14(9-13)18(17)21(24)26/h5-8,10-11,13-14,17-18H,4,9H2,1-3H3. The van der Waals surface area contributed by atoms with Crippen molar-refractivity contribution >= 4 is 40.6 Å². The molecule has 1 saturated carbocycles. The number of benzene rings is 1. The summed E-state index contributed by atoms with van der Waals surface area (Å²) in [5, 5.41) is 5.30. The molecule has 0 radical (unpaired) electrons. The minimum absolute atomic E-state index is 0.0742. The molecule has 0 aromatic heterocycles. The number of carbonyl (C=O) groups excluding carboxylic acids is 2. The molecule has 1 heterocycles. The van der Waals surface area contributed by atoms with Gasteiger partial charge in [0.15, 0.2) is 11.5 Å². The van der Waals surface area contributed by atoms with Crippen LogP contribution in [0.25, 0.3) is 0 Å². The first-order valence-corrected chi connectivity index (χ1v) is 10.7. The average Bonchev–Trinajstić information content (AvgIpc) is 3.36. The van der Waals surface area contributed by atoms with Gasteiger partial charge in [0.2, 0.25) is 0 Å². The maximum Gasteiger partial charge on any atom is 0.254 e. The number of halogens is 1. The smallest absolute Gasteiger partial charge is 0.254 e. The van der Waals surface area contributed by atoms with E-state index in [9.17, 15) is 9.59 Å². The summed E-state index contributed by atoms with van der Waals surface area (Å²) in [5.41, 5.74) is 0.747. The highest BCUT2D eigenvalue weighted by Crippen LogP contribution is 2.52. The van der Waals surface area contributed by atoms with Gasteiger partial charge in [0.25, 0.3) is 11.8 Å². The third-order valence-electron chi connectivity index (χ3n) is 5.92. The van der Waals surface area contributed by atoms with E-state index in [0.717, 1.165) is 27.0 Å². The average molecular weight is 494 g/mol. The third-order valence-corrected chi connectivity index (χ3v) is 6.72. The number of nitrogens with zero attached hydrogens (tertiary/aromatic N) is 2. The predicted molar refractivity (Wildman–Crippen MR) is 113 cm³/mol. The molecule has 4 rings (SSSR count). The number of hydrogen-bond donors (Lipinski definition) is 0. The molecule has 5 unspecified atom stereocenters. The molecule has 2 amide bonds. The summed E-state index contributed by atoms with van der Waals surface area (Å²) in [4.78, 5) is 25.4. The number of carbonyl (C=O) groups is 2. The van der Waals surface area contributed by atoms with Crippen LogP contribution < -0.4 is 9.47 Å². The van der Waals surface area contributed by atoms with Crippen molar-refractivity contribution in [3.63, 3.8) is 0 Å². The highest BCUT2D eigenvalue weighted by Gasteiger charge is 2.59. The fourth-order valence-corrected chi connectivity index (χ4v) is 5.09. The van der Waals surface area contributed by atoms with Crippen LogP contribution in [0.5, 0.6) is 11.5 Å². The van der Waals surface area contributed by atoms with Crippen molar-refractivity contribution in [2.45, 2.75) is 32.8 Å². The van der Waals surface area contributed by atoms with E-state index in [4.69, 9.17) is 9.47 Å². The third kappa shape index (κ3) is 3.13. The molecule has 5 atom stereocenters. The Morgan fingerprint density at radius 2 is 1.89 bits per heavy atom. The largest absolute Gasteiger partial charge is 0.493 e. The Kier molecular flexibility index (Phi) is 5.20. The molecule has 1 aromatic carbocycles. The van der Waals surface area contributed by atoms with E-state index < -0.39 is 0 Å². The SMILES string of the molecule is CCC(C)Oc1c(I)cc(C=NN2C(=O)C3C4C=CC(C4)C3C2=O)cc1OC.